The van der Waals surface area contributed by atoms with Crippen molar-refractivity contribution in [2.24, 2.45) is 5.92 Å². The second-order valence-corrected chi connectivity index (χ2v) is 10.3. The van der Waals surface area contributed by atoms with Crippen LogP contribution in [0.1, 0.15) is 67.7 Å². The number of pyridine rings is 2. The van der Waals surface area contributed by atoms with Gasteiger partial charge in [-0.05, 0) is 81.3 Å². The summed E-state index contributed by atoms with van der Waals surface area (Å²) in [5.41, 5.74) is 8.45. The fourth-order valence-electron chi connectivity index (χ4n) is 6.06. The Morgan fingerprint density at radius 3 is 2.39 bits per heavy atom. The maximum Gasteiger partial charge on any atom is 0.227 e. The van der Waals surface area contributed by atoms with E-state index in [4.69, 9.17) is 14.4 Å². The second-order valence-electron chi connectivity index (χ2n) is 10.3. The van der Waals surface area contributed by atoms with Crippen molar-refractivity contribution >= 4 is 22.1 Å². The molecule has 1 unspecified atom stereocenters. The lowest BCUT2D eigenvalue weighted by molar-refractivity contribution is 0.316. The Morgan fingerprint density at radius 2 is 1.61 bits per heavy atom. The first-order valence-electron chi connectivity index (χ1n) is 13.1. The maximum atomic E-state index is 6.43. The molecule has 0 N–H and O–H groups in total. The number of fused-ring (bicyclic) bond motifs is 3. The molecule has 1 aliphatic carbocycles. The lowest BCUT2D eigenvalue weighted by Gasteiger charge is -2.28. The van der Waals surface area contributed by atoms with Gasteiger partial charge in [-0.2, -0.15) is 0 Å². The Hall–Kier alpha value is -3.60. The van der Waals surface area contributed by atoms with Gasteiger partial charge in [0.25, 0.3) is 0 Å². The van der Waals surface area contributed by atoms with E-state index in [1.807, 2.05) is 33.0 Å². The highest BCUT2D eigenvalue weighted by molar-refractivity contribution is 6.08. The molecule has 1 aromatic carbocycles. The van der Waals surface area contributed by atoms with Gasteiger partial charge in [-0.1, -0.05) is 38.3 Å². The first-order chi connectivity index (χ1) is 17.5. The third-order valence-electron chi connectivity index (χ3n) is 7.95. The van der Waals surface area contributed by atoms with E-state index in [-0.39, 0.29) is 0 Å². The summed E-state index contributed by atoms with van der Waals surface area (Å²) in [6.45, 7) is 8.31. The molecule has 0 amide bonds. The van der Waals surface area contributed by atoms with E-state index >= 15 is 0 Å². The third kappa shape index (κ3) is 3.97. The summed E-state index contributed by atoms with van der Waals surface area (Å²) in [4.78, 5) is 18.8. The van der Waals surface area contributed by atoms with E-state index in [1.54, 1.807) is 0 Å². The highest BCUT2D eigenvalue weighted by Crippen LogP contribution is 2.39. The van der Waals surface area contributed by atoms with E-state index < -0.39 is 0 Å². The molecule has 1 saturated carbocycles. The molecule has 5 aromatic rings. The summed E-state index contributed by atoms with van der Waals surface area (Å²) in [5.74, 6) is 2.07. The zero-order valence-corrected chi connectivity index (χ0v) is 21.5. The molecule has 4 aromatic heterocycles. The van der Waals surface area contributed by atoms with Crippen LogP contribution in [0.4, 0.5) is 0 Å². The summed E-state index contributed by atoms with van der Waals surface area (Å²) in [7, 11) is 0. The number of aryl methyl sites for hydroxylation is 3. The number of rotatable bonds is 4. The van der Waals surface area contributed by atoms with Gasteiger partial charge in [0, 0.05) is 28.1 Å². The average Bonchev–Trinajstić information content (AvgIpc) is 3.26. The van der Waals surface area contributed by atoms with Gasteiger partial charge in [-0.15, -0.1) is 0 Å². The number of furan rings is 1. The van der Waals surface area contributed by atoms with Crippen LogP contribution in [-0.2, 0) is 0 Å². The van der Waals surface area contributed by atoms with Crippen molar-refractivity contribution in [1.82, 2.24) is 19.9 Å². The van der Waals surface area contributed by atoms with Crippen LogP contribution >= 0.6 is 0 Å². The van der Waals surface area contributed by atoms with Crippen LogP contribution in [-0.4, -0.2) is 19.9 Å². The van der Waals surface area contributed by atoms with Crippen LogP contribution in [0.5, 0.6) is 0 Å². The maximum absolute atomic E-state index is 6.43. The average molecular weight is 477 g/mol. The van der Waals surface area contributed by atoms with Crippen molar-refractivity contribution in [2.75, 3.05) is 0 Å². The predicted molar refractivity (Wildman–Crippen MR) is 145 cm³/mol. The van der Waals surface area contributed by atoms with Gasteiger partial charge < -0.3 is 4.42 Å². The minimum absolute atomic E-state index is 0.536. The minimum atomic E-state index is 0.536. The van der Waals surface area contributed by atoms with Crippen molar-refractivity contribution in [3.8, 4) is 22.5 Å². The fraction of sp³-hybridized carbons (Fsp3) is 0.355. The molecule has 0 saturated heterocycles. The van der Waals surface area contributed by atoms with Crippen LogP contribution in [0.15, 0.2) is 53.1 Å². The summed E-state index contributed by atoms with van der Waals surface area (Å²) >= 11 is 0. The number of hydrogen-bond acceptors (Lipinski definition) is 5. The van der Waals surface area contributed by atoms with Crippen LogP contribution in [0.25, 0.3) is 44.6 Å². The molecule has 0 radical (unpaired) electrons. The normalized spacial score (nSPS) is 15.6. The smallest absolute Gasteiger partial charge is 0.227 e. The Labute approximate surface area is 212 Å². The Morgan fingerprint density at radius 1 is 0.833 bits per heavy atom. The lowest BCUT2D eigenvalue weighted by Crippen LogP contribution is -2.14. The van der Waals surface area contributed by atoms with Gasteiger partial charge in [0.1, 0.15) is 11.4 Å². The van der Waals surface area contributed by atoms with Crippen molar-refractivity contribution in [3.05, 3.63) is 71.4 Å². The van der Waals surface area contributed by atoms with Crippen LogP contribution in [0.3, 0.4) is 0 Å². The lowest BCUT2D eigenvalue weighted by atomic mass is 9.78. The van der Waals surface area contributed by atoms with Crippen molar-refractivity contribution < 1.29 is 4.42 Å². The second kappa shape index (κ2) is 9.12. The van der Waals surface area contributed by atoms with E-state index in [9.17, 15) is 0 Å². The molecule has 1 aliphatic rings. The number of nitrogens with zero attached hydrogens (tertiary/aromatic N) is 4. The van der Waals surface area contributed by atoms with Crippen LogP contribution in [0, 0.1) is 26.7 Å². The van der Waals surface area contributed by atoms with Gasteiger partial charge in [0.15, 0.2) is 0 Å². The highest BCUT2D eigenvalue weighted by atomic mass is 16.3. The molecule has 1 atom stereocenters. The molecule has 6 rings (SSSR count). The zero-order chi connectivity index (χ0) is 24.8. The molecule has 0 spiro atoms. The van der Waals surface area contributed by atoms with Crippen LogP contribution in [0.2, 0.25) is 0 Å². The molecule has 1 fully saturated rings. The predicted octanol–water partition coefficient (Wildman–Crippen LogP) is 8.11. The van der Waals surface area contributed by atoms with Crippen molar-refractivity contribution in [3.63, 3.8) is 0 Å². The summed E-state index contributed by atoms with van der Waals surface area (Å²) in [6, 6.07) is 14.9. The first-order valence-corrected chi connectivity index (χ1v) is 13.1. The van der Waals surface area contributed by atoms with E-state index in [0.29, 0.717) is 11.6 Å². The molecule has 0 bridgehead atoms. The van der Waals surface area contributed by atoms with Crippen LogP contribution < -0.4 is 0 Å². The largest absolute Gasteiger partial charge is 0.437 e. The van der Waals surface area contributed by atoms with Gasteiger partial charge in [-0.25, -0.2) is 15.0 Å². The quantitative estimate of drug-likeness (QED) is 0.262. The summed E-state index contributed by atoms with van der Waals surface area (Å²) < 4.78 is 6.43. The molecule has 5 heteroatoms. The molecule has 182 valence electrons. The van der Waals surface area contributed by atoms with Gasteiger partial charge in [0.2, 0.25) is 5.71 Å². The van der Waals surface area contributed by atoms with E-state index in [1.165, 1.54) is 37.7 Å². The molecule has 5 nitrogen and oxygen atoms in total. The zero-order valence-electron chi connectivity index (χ0n) is 21.5. The van der Waals surface area contributed by atoms with Gasteiger partial charge in [0.05, 0.1) is 22.8 Å². The number of hydrogen-bond donors (Lipinski definition) is 0. The van der Waals surface area contributed by atoms with Gasteiger partial charge in [-0.3, -0.25) is 4.98 Å². The molecular weight excluding hydrogens is 444 g/mol. The van der Waals surface area contributed by atoms with E-state index in [0.717, 1.165) is 62.0 Å². The number of para-hydroxylation sites is 1. The Kier molecular flexibility index (Phi) is 5.79. The van der Waals surface area contributed by atoms with Gasteiger partial charge >= 0.3 is 0 Å². The van der Waals surface area contributed by atoms with E-state index in [2.05, 4.69) is 53.3 Å². The Bertz CT molecular complexity index is 1560. The first kappa shape index (κ1) is 22.8. The highest BCUT2D eigenvalue weighted by Gasteiger charge is 2.22. The molecule has 0 aliphatic heterocycles. The Balaban J connectivity index is 1.43. The fourth-order valence-corrected chi connectivity index (χ4v) is 6.06. The SMILES string of the molecule is Cc1nc(C)c(-c2ccc3c(n2)oc2c(-c4cc(C(C)C5CCCCC5)ccn4)cccc23)c(C)n1. The van der Waals surface area contributed by atoms with Crippen molar-refractivity contribution in [2.45, 2.75) is 65.7 Å². The molecule has 36 heavy (non-hydrogen) atoms. The monoisotopic (exact) mass is 476 g/mol. The number of benzene rings is 1. The summed E-state index contributed by atoms with van der Waals surface area (Å²) in [5, 5.41) is 2.06. The number of aromatic nitrogens is 4. The standard InChI is InChI=1S/C31H32N4O/c1-18(22-9-6-5-7-10-22)23-15-16-32-28(17-23)26-12-8-11-24-25-13-14-27(35-31(25)36-30(24)26)29-19(2)33-21(4)34-20(29)3/h8,11-18,22H,5-7,9-10H2,1-4H3. The third-order valence-corrected chi connectivity index (χ3v) is 7.95. The summed E-state index contributed by atoms with van der Waals surface area (Å²) in [6.07, 6.45) is 8.70. The molecule has 4 heterocycles. The topological polar surface area (TPSA) is 64.7 Å². The minimum Gasteiger partial charge on any atom is -0.437 e. The van der Waals surface area contributed by atoms with Crippen molar-refractivity contribution in [1.29, 1.82) is 0 Å². The molecular formula is C31H32N4O.